The van der Waals surface area contributed by atoms with Crippen LogP contribution in [0.15, 0.2) is 24.5 Å². The molecule has 0 radical (unpaired) electrons. The van der Waals surface area contributed by atoms with Gasteiger partial charge in [-0.15, -0.1) is 0 Å². The Labute approximate surface area is 146 Å². The van der Waals surface area contributed by atoms with E-state index >= 15 is 0 Å². The number of anilines is 1. The van der Waals surface area contributed by atoms with E-state index in [1.54, 1.807) is 24.1 Å². The highest BCUT2D eigenvalue weighted by molar-refractivity contribution is 6.01. The molecular formula is C18H23N5O2. The fraction of sp³-hybridized carbons (Fsp3) is 0.444. The van der Waals surface area contributed by atoms with Crippen LogP contribution in [0.25, 0.3) is 10.9 Å². The minimum absolute atomic E-state index is 0.0751. The number of hydrogen-bond acceptors (Lipinski definition) is 5. The average Bonchev–Trinajstić information content (AvgIpc) is 2.61. The van der Waals surface area contributed by atoms with E-state index in [1.807, 2.05) is 6.07 Å². The van der Waals surface area contributed by atoms with Crippen molar-refractivity contribution in [3.05, 3.63) is 30.1 Å². The Morgan fingerprint density at radius 1 is 1.40 bits per heavy atom. The molecule has 1 aromatic carbocycles. The number of fused-ring (bicyclic) bond motifs is 1. The van der Waals surface area contributed by atoms with E-state index in [4.69, 9.17) is 0 Å². The molecule has 0 saturated carbocycles. The quantitative estimate of drug-likeness (QED) is 0.883. The smallest absolute Gasteiger partial charge is 0.254 e. The van der Waals surface area contributed by atoms with E-state index in [0.717, 1.165) is 11.2 Å². The topological polar surface area (TPSA) is 87.2 Å². The molecule has 0 bridgehead atoms. The van der Waals surface area contributed by atoms with Gasteiger partial charge in [-0.1, -0.05) is 13.8 Å². The summed E-state index contributed by atoms with van der Waals surface area (Å²) in [5, 5.41) is 6.73. The number of nitrogens with zero attached hydrogens (tertiary/aromatic N) is 3. The Bertz CT molecular complexity index is 805. The Morgan fingerprint density at radius 2 is 2.20 bits per heavy atom. The maximum atomic E-state index is 13.0. The van der Waals surface area contributed by atoms with Gasteiger partial charge in [0.25, 0.3) is 5.91 Å². The lowest BCUT2D eigenvalue weighted by atomic mass is 9.99. The average molecular weight is 341 g/mol. The summed E-state index contributed by atoms with van der Waals surface area (Å²) >= 11 is 0. The molecule has 0 aliphatic carbocycles. The summed E-state index contributed by atoms with van der Waals surface area (Å²) in [7, 11) is 1.80. The van der Waals surface area contributed by atoms with Gasteiger partial charge in [0.05, 0.1) is 5.52 Å². The summed E-state index contributed by atoms with van der Waals surface area (Å²) < 4.78 is 0. The van der Waals surface area contributed by atoms with Crippen molar-refractivity contribution in [2.75, 3.05) is 25.5 Å². The summed E-state index contributed by atoms with van der Waals surface area (Å²) in [6.45, 7) is 5.11. The number of benzene rings is 1. The Balaban J connectivity index is 1.93. The number of carbonyl (C=O) groups is 2. The van der Waals surface area contributed by atoms with Crippen molar-refractivity contribution in [2.24, 2.45) is 5.92 Å². The number of nitrogens with one attached hydrogen (secondary N) is 2. The van der Waals surface area contributed by atoms with Crippen LogP contribution in [-0.2, 0) is 4.79 Å². The van der Waals surface area contributed by atoms with Crippen LogP contribution >= 0.6 is 0 Å². The lowest BCUT2D eigenvalue weighted by Gasteiger charge is -2.36. The molecule has 1 unspecified atom stereocenters. The summed E-state index contributed by atoms with van der Waals surface area (Å²) in [5.74, 6) is 0.839. The van der Waals surface area contributed by atoms with Crippen molar-refractivity contribution in [1.82, 2.24) is 20.2 Å². The minimum atomic E-state index is -0.421. The van der Waals surface area contributed by atoms with Crippen LogP contribution in [0.5, 0.6) is 0 Å². The zero-order valence-corrected chi connectivity index (χ0v) is 14.7. The molecule has 1 aliphatic rings. The first-order valence-electron chi connectivity index (χ1n) is 8.52. The molecule has 132 valence electrons. The van der Waals surface area contributed by atoms with Gasteiger partial charge in [-0.25, -0.2) is 9.97 Å². The highest BCUT2D eigenvalue weighted by atomic mass is 16.2. The molecule has 7 nitrogen and oxygen atoms in total. The number of carbonyl (C=O) groups excluding carboxylic acids is 2. The second-order valence-corrected chi connectivity index (χ2v) is 6.64. The number of piperazine rings is 1. The molecule has 2 aromatic rings. The zero-order valence-electron chi connectivity index (χ0n) is 14.7. The van der Waals surface area contributed by atoms with Gasteiger partial charge in [0.15, 0.2) is 0 Å². The minimum Gasteiger partial charge on any atom is -0.373 e. The van der Waals surface area contributed by atoms with Crippen LogP contribution in [0.1, 0.15) is 30.6 Å². The Morgan fingerprint density at radius 3 is 2.92 bits per heavy atom. The van der Waals surface area contributed by atoms with Crippen LogP contribution in [0.4, 0.5) is 5.82 Å². The third kappa shape index (κ3) is 3.40. The summed E-state index contributed by atoms with van der Waals surface area (Å²) in [6.07, 6.45) is 2.12. The lowest BCUT2D eigenvalue weighted by molar-refractivity contribution is -0.128. The molecule has 2 amide bonds. The van der Waals surface area contributed by atoms with E-state index in [0.29, 0.717) is 36.5 Å². The fourth-order valence-electron chi connectivity index (χ4n) is 3.19. The highest BCUT2D eigenvalue weighted by Crippen LogP contribution is 2.22. The van der Waals surface area contributed by atoms with Crippen molar-refractivity contribution >= 4 is 28.5 Å². The standard InChI is InChI=1S/C18H23N5O2/c1-11(2)8-15-17(24)20-6-7-23(15)18(25)12-4-5-13-14(9-12)21-10-22-16(13)19-3/h4-5,9-11,15H,6-8H2,1-3H3,(H,20,24)(H,19,21,22). The molecule has 3 rings (SSSR count). The molecule has 0 spiro atoms. The predicted octanol–water partition coefficient (Wildman–Crippen LogP) is 1.66. The van der Waals surface area contributed by atoms with Gasteiger partial charge in [-0.3, -0.25) is 9.59 Å². The van der Waals surface area contributed by atoms with Crippen LogP contribution in [0.3, 0.4) is 0 Å². The molecule has 1 atom stereocenters. The Kier molecular flexibility index (Phi) is 4.83. The zero-order chi connectivity index (χ0) is 18.0. The molecule has 2 heterocycles. The largest absolute Gasteiger partial charge is 0.373 e. The number of amides is 2. The number of rotatable bonds is 4. The van der Waals surface area contributed by atoms with Gasteiger partial charge in [0, 0.05) is 31.1 Å². The van der Waals surface area contributed by atoms with Crippen LogP contribution < -0.4 is 10.6 Å². The summed E-state index contributed by atoms with van der Waals surface area (Å²) in [4.78, 5) is 35.4. The van der Waals surface area contributed by atoms with Crippen molar-refractivity contribution in [2.45, 2.75) is 26.3 Å². The van der Waals surface area contributed by atoms with Crippen LogP contribution in [0, 0.1) is 5.92 Å². The first kappa shape index (κ1) is 17.1. The van der Waals surface area contributed by atoms with Gasteiger partial charge in [-0.2, -0.15) is 0 Å². The SMILES string of the molecule is CNc1ncnc2cc(C(=O)N3CCNC(=O)C3CC(C)C)ccc12. The van der Waals surface area contributed by atoms with E-state index in [9.17, 15) is 9.59 Å². The first-order chi connectivity index (χ1) is 12.0. The van der Waals surface area contributed by atoms with Crippen molar-refractivity contribution in [3.63, 3.8) is 0 Å². The predicted molar refractivity (Wildman–Crippen MR) is 96.4 cm³/mol. The van der Waals surface area contributed by atoms with E-state index in [1.165, 1.54) is 6.33 Å². The first-order valence-corrected chi connectivity index (χ1v) is 8.52. The normalized spacial score (nSPS) is 17.7. The van der Waals surface area contributed by atoms with Gasteiger partial charge in [0.2, 0.25) is 5.91 Å². The van der Waals surface area contributed by atoms with Gasteiger partial charge >= 0.3 is 0 Å². The van der Waals surface area contributed by atoms with Gasteiger partial charge < -0.3 is 15.5 Å². The number of hydrogen-bond donors (Lipinski definition) is 2. The molecule has 1 aromatic heterocycles. The van der Waals surface area contributed by atoms with Gasteiger partial charge in [0.1, 0.15) is 18.2 Å². The van der Waals surface area contributed by atoms with Crippen molar-refractivity contribution < 1.29 is 9.59 Å². The van der Waals surface area contributed by atoms with E-state index in [-0.39, 0.29) is 11.8 Å². The van der Waals surface area contributed by atoms with E-state index in [2.05, 4.69) is 34.4 Å². The second kappa shape index (κ2) is 7.04. The third-order valence-electron chi connectivity index (χ3n) is 4.41. The Hall–Kier alpha value is -2.70. The molecule has 1 aliphatic heterocycles. The monoisotopic (exact) mass is 341 g/mol. The molecule has 25 heavy (non-hydrogen) atoms. The molecule has 1 saturated heterocycles. The molecule has 2 N–H and O–H groups in total. The van der Waals surface area contributed by atoms with Crippen LogP contribution in [-0.4, -0.2) is 52.9 Å². The summed E-state index contributed by atoms with van der Waals surface area (Å²) in [5.41, 5.74) is 1.24. The molecular weight excluding hydrogens is 318 g/mol. The maximum absolute atomic E-state index is 13.0. The van der Waals surface area contributed by atoms with Crippen molar-refractivity contribution in [3.8, 4) is 0 Å². The third-order valence-corrected chi connectivity index (χ3v) is 4.41. The maximum Gasteiger partial charge on any atom is 0.254 e. The lowest BCUT2D eigenvalue weighted by Crippen LogP contribution is -2.57. The number of aromatic nitrogens is 2. The van der Waals surface area contributed by atoms with E-state index < -0.39 is 6.04 Å². The highest BCUT2D eigenvalue weighted by Gasteiger charge is 2.33. The molecule has 1 fully saturated rings. The molecule has 7 heteroatoms. The fourth-order valence-corrected chi connectivity index (χ4v) is 3.19. The van der Waals surface area contributed by atoms with Crippen LogP contribution in [0.2, 0.25) is 0 Å². The second-order valence-electron chi connectivity index (χ2n) is 6.64. The van der Waals surface area contributed by atoms with Gasteiger partial charge in [-0.05, 0) is 30.5 Å². The summed E-state index contributed by atoms with van der Waals surface area (Å²) in [6, 6.07) is 4.96. The van der Waals surface area contributed by atoms with Crippen molar-refractivity contribution in [1.29, 1.82) is 0 Å².